The molecule has 1 unspecified atom stereocenters. The molecule has 1 aliphatic heterocycles. The summed E-state index contributed by atoms with van der Waals surface area (Å²) in [4.78, 5) is 18.1. The van der Waals surface area contributed by atoms with Crippen LogP contribution in [0.15, 0.2) is 24.5 Å². The number of carbonyl (C=O) groups is 1. The summed E-state index contributed by atoms with van der Waals surface area (Å²) in [6.45, 7) is 2.17. The van der Waals surface area contributed by atoms with Gasteiger partial charge in [0.05, 0.1) is 6.61 Å². The van der Waals surface area contributed by atoms with Gasteiger partial charge >= 0.3 is 0 Å². The molecule has 110 valence electrons. The first kappa shape index (κ1) is 14.9. The van der Waals surface area contributed by atoms with Gasteiger partial charge in [-0.1, -0.05) is 6.07 Å². The van der Waals surface area contributed by atoms with Crippen LogP contribution in [0, 0.1) is 0 Å². The Morgan fingerprint density at radius 3 is 3.10 bits per heavy atom. The van der Waals surface area contributed by atoms with Crippen molar-refractivity contribution in [2.75, 3.05) is 26.2 Å². The molecule has 1 aromatic rings. The number of nitrogens with one attached hydrogen (secondary N) is 1. The molecule has 1 aromatic heterocycles. The number of amides is 1. The average molecular weight is 277 g/mol. The number of rotatable bonds is 7. The lowest BCUT2D eigenvalue weighted by Gasteiger charge is -2.25. The molecule has 0 spiro atoms. The highest BCUT2D eigenvalue weighted by molar-refractivity contribution is 5.76. The van der Waals surface area contributed by atoms with E-state index in [2.05, 4.69) is 10.3 Å². The fourth-order valence-corrected chi connectivity index (χ4v) is 2.57. The quantitative estimate of drug-likeness (QED) is 0.765. The monoisotopic (exact) mass is 277 g/mol. The van der Waals surface area contributed by atoms with Gasteiger partial charge in [-0.25, -0.2) is 0 Å². The van der Waals surface area contributed by atoms with Crippen LogP contribution in [0.2, 0.25) is 0 Å². The lowest BCUT2D eigenvalue weighted by Crippen LogP contribution is -2.42. The van der Waals surface area contributed by atoms with E-state index in [1.807, 2.05) is 12.1 Å². The van der Waals surface area contributed by atoms with E-state index < -0.39 is 0 Å². The summed E-state index contributed by atoms with van der Waals surface area (Å²) in [5.74, 6) is 0.108. The molecule has 5 nitrogen and oxygen atoms in total. The second-order valence-electron chi connectivity index (χ2n) is 5.22. The molecular formula is C15H23N3O2. The van der Waals surface area contributed by atoms with E-state index in [4.69, 9.17) is 5.11 Å². The van der Waals surface area contributed by atoms with Gasteiger partial charge in [0.15, 0.2) is 0 Å². The first-order valence-electron chi connectivity index (χ1n) is 7.30. The topological polar surface area (TPSA) is 65.5 Å². The Morgan fingerprint density at radius 2 is 2.45 bits per heavy atom. The average Bonchev–Trinajstić information content (AvgIpc) is 2.98. The molecule has 0 aromatic carbocycles. The molecule has 2 rings (SSSR count). The molecule has 0 bridgehead atoms. The summed E-state index contributed by atoms with van der Waals surface area (Å²) in [7, 11) is 0. The van der Waals surface area contributed by atoms with E-state index in [0.29, 0.717) is 32.0 Å². The van der Waals surface area contributed by atoms with Crippen molar-refractivity contribution in [3.8, 4) is 0 Å². The summed E-state index contributed by atoms with van der Waals surface area (Å²) >= 11 is 0. The maximum absolute atomic E-state index is 12.3. The van der Waals surface area contributed by atoms with Gasteiger partial charge in [0.2, 0.25) is 5.91 Å². The molecule has 20 heavy (non-hydrogen) atoms. The highest BCUT2D eigenvalue weighted by Gasteiger charge is 2.20. The van der Waals surface area contributed by atoms with Crippen LogP contribution in [0.5, 0.6) is 0 Å². The third-order valence-electron chi connectivity index (χ3n) is 3.68. The largest absolute Gasteiger partial charge is 0.395 e. The number of aromatic nitrogens is 1. The van der Waals surface area contributed by atoms with Crippen molar-refractivity contribution in [1.29, 1.82) is 0 Å². The van der Waals surface area contributed by atoms with E-state index in [-0.39, 0.29) is 12.5 Å². The second kappa shape index (κ2) is 7.97. The van der Waals surface area contributed by atoms with Gasteiger partial charge in [0.25, 0.3) is 0 Å². The van der Waals surface area contributed by atoms with Gasteiger partial charge in [0, 0.05) is 37.9 Å². The number of aliphatic hydroxyl groups excluding tert-OH is 1. The first-order chi connectivity index (χ1) is 9.79. The van der Waals surface area contributed by atoms with Gasteiger partial charge in [-0.15, -0.1) is 0 Å². The Morgan fingerprint density at radius 1 is 1.55 bits per heavy atom. The smallest absolute Gasteiger partial charge is 0.223 e. The number of pyridine rings is 1. The fourth-order valence-electron chi connectivity index (χ4n) is 2.57. The summed E-state index contributed by atoms with van der Waals surface area (Å²) < 4.78 is 0. The van der Waals surface area contributed by atoms with Crippen molar-refractivity contribution in [3.05, 3.63) is 30.1 Å². The zero-order chi connectivity index (χ0) is 14.2. The van der Waals surface area contributed by atoms with Crippen molar-refractivity contribution in [2.45, 2.75) is 31.7 Å². The van der Waals surface area contributed by atoms with Crippen LogP contribution in [0.3, 0.4) is 0 Å². The van der Waals surface area contributed by atoms with E-state index in [0.717, 1.165) is 18.5 Å². The highest BCUT2D eigenvalue weighted by Crippen LogP contribution is 2.09. The zero-order valence-corrected chi connectivity index (χ0v) is 11.8. The number of hydrogen-bond acceptors (Lipinski definition) is 4. The predicted octanol–water partition coefficient (Wildman–Crippen LogP) is 0.587. The Balaban J connectivity index is 1.82. The third-order valence-corrected chi connectivity index (χ3v) is 3.68. The Bertz CT molecular complexity index is 405. The minimum Gasteiger partial charge on any atom is -0.395 e. The maximum Gasteiger partial charge on any atom is 0.223 e. The number of aryl methyl sites for hydroxylation is 1. The predicted molar refractivity (Wildman–Crippen MR) is 77.2 cm³/mol. The van der Waals surface area contributed by atoms with Gasteiger partial charge in [-0.2, -0.15) is 0 Å². The summed E-state index contributed by atoms with van der Waals surface area (Å²) in [5, 5.41) is 12.5. The molecule has 2 heterocycles. The molecule has 1 fully saturated rings. The highest BCUT2D eigenvalue weighted by atomic mass is 16.3. The van der Waals surface area contributed by atoms with Crippen molar-refractivity contribution in [2.24, 2.45) is 0 Å². The van der Waals surface area contributed by atoms with Crippen LogP contribution in [-0.2, 0) is 11.2 Å². The van der Waals surface area contributed by atoms with Crippen molar-refractivity contribution >= 4 is 5.91 Å². The summed E-state index contributed by atoms with van der Waals surface area (Å²) in [6, 6.07) is 4.24. The minimum absolute atomic E-state index is 0.0192. The molecule has 1 amide bonds. The van der Waals surface area contributed by atoms with Crippen LogP contribution in [-0.4, -0.2) is 53.2 Å². The van der Waals surface area contributed by atoms with Gasteiger partial charge in [-0.05, 0) is 37.4 Å². The molecule has 1 aliphatic rings. The Labute approximate surface area is 120 Å². The fraction of sp³-hybridized carbons (Fsp3) is 0.600. The van der Waals surface area contributed by atoms with Crippen molar-refractivity contribution in [1.82, 2.24) is 15.2 Å². The summed E-state index contributed by atoms with van der Waals surface area (Å²) in [6.07, 6.45) is 6.97. The van der Waals surface area contributed by atoms with Crippen LogP contribution in [0.4, 0.5) is 0 Å². The van der Waals surface area contributed by atoms with E-state index in [9.17, 15) is 4.79 Å². The molecule has 2 N–H and O–H groups in total. The van der Waals surface area contributed by atoms with E-state index >= 15 is 0 Å². The number of hydrogen-bond donors (Lipinski definition) is 2. The Hall–Kier alpha value is -1.46. The number of carbonyl (C=O) groups excluding carboxylic acids is 1. The van der Waals surface area contributed by atoms with E-state index in [1.54, 1.807) is 17.3 Å². The van der Waals surface area contributed by atoms with Crippen LogP contribution in [0.25, 0.3) is 0 Å². The van der Waals surface area contributed by atoms with Crippen molar-refractivity contribution in [3.63, 3.8) is 0 Å². The lowest BCUT2D eigenvalue weighted by molar-refractivity contribution is -0.132. The summed E-state index contributed by atoms with van der Waals surface area (Å²) in [5.41, 5.74) is 1.07. The van der Waals surface area contributed by atoms with Crippen LogP contribution < -0.4 is 5.32 Å². The second-order valence-corrected chi connectivity index (χ2v) is 5.22. The van der Waals surface area contributed by atoms with Crippen molar-refractivity contribution < 1.29 is 9.90 Å². The third kappa shape index (κ3) is 4.58. The lowest BCUT2D eigenvalue weighted by atomic mass is 10.1. The molecule has 5 heteroatoms. The molecule has 1 atom stereocenters. The molecule has 0 aliphatic carbocycles. The first-order valence-corrected chi connectivity index (χ1v) is 7.30. The molecule has 1 saturated heterocycles. The number of aliphatic hydroxyl groups is 1. The molecule has 0 saturated carbocycles. The van der Waals surface area contributed by atoms with Gasteiger partial charge in [0.1, 0.15) is 0 Å². The molecular weight excluding hydrogens is 254 g/mol. The van der Waals surface area contributed by atoms with Gasteiger partial charge < -0.3 is 15.3 Å². The molecule has 0 radical (unpaired) electrons. The van der Waals surface area contributed by atoms with Gasteiger partial charge in [-0.3, -0.25) is 9.78 Å². The number of nitrogens with zero attached hydrogens (tertiary/aromatic N) is 2. The van der Waals surface area contributed by atoms with Crippen LogP contribution >= 0.6 is 0 Å². The maximum atomic E-state index is 12.3. The van der Waals surface area contributed by atoms with Crippen LogP contribution in [0.1, 0.15) is 24.8 Å². The zero-order valence-electron chi connectivity index (χ0n) is 11.8. The minimum atomic E-state index is 0.0192. The van der Waals surface area contributed by atoms with E-state index in [1.165, 1.54) is 6.42 Å². The Kier molecular flexibility index (Phi) is 5.95. The normalized spacial score (nSPS) is 18.1. The standard InChI is InChI=1S/C15H23N3O2/c19-10-9-18(12-14-4-2-8-17-14)15(20)6-5-13-3-1-7-16-11-13/h1,3,7,11,14,17,19H,2,4-6,8-10,12H2. The SMILES string of the molecule is O=C(CCc1cccnc1)N(CCO)CC1CCCN1.